The fraction of sp³-hybridized carbons (Fsp3) is 0.261. The van der Waals surface area contributed by atoms with Crippen molar-refractivity contribution in [3.05, 3.63) is 93.9 Å². The molecule has 0 aliphatic rings. The highest BCUT2D eigenvalue weighted by Crippen LogP contribution is 2.28. The summed E-state index contributed by atoms with van der Waals surface area (Å²) in [6.45, 7) is 4.27. The molecule has 150 valence electrons. The Morgan fingerprint density at radius 2 is 1.59 bits per heavy atom. The number of carbonyl (C=O) groups excluding carboxylic acids is 1. The number of hydrogen-bond donors (Lipinski definition) is 2. The van der Waals surface area contributed by atoms with Gasteiger partial charge < -0.3 is 10.0 Å². The minimum Gasteiger partial charge on any atom is -0.502 e. The fourth-order valence-corrected chi connectivity index (χ4v) is 3.44. The second-order valence-corrected chi connectivity index (χ2v) is 7.21. The van der Waals surface area contributed by atoms with Crippen molar-refractivity contribution in [3.8, 4) is 5.75 Å². The number of benzene rings is 2. The van der Waals surface area contributed by atoms with E-state index < -0.39 is 17.1 Å². The second-order valence-electron chi connectivity index (χ2n) is 7.21. The van der Waals surface area contributed by atoms with Gasteiger partial charge in [-0.1, -0.05) is 60.7 Å². The second kappa shape index (κ2) is 9.19. The van der Waals surface area contributed by atoms with Gasteiger partial charge in [0.2, 0.25) is 5.43 Å². The number of nitrogens with zero attached hydrogens (tertiary/aromatic N) is 2. The molecule has 0 atom stereocenters. The van der Waals surface area contributed by atoms with Crippen molar-refractivity contribution in [2.75, 3.05) is 6.54 Å². The Bertz CT molecular complexity index is 961. The Kier molecular flexibility index (Phi) is 6.44. The van der Waals surface area contributed by atoms with E-state index in [1.54, 1.807) is 4.90 Å². The third kappa shape index (κ3) is 4.71. The molecule has 0 bridgehead atoms. The number of rotatable bonds is 7. The molecule has 2 N–H and O–H groups in total. The summed E-state index contributed by atoms with van der Waals surface area (Å²) in [4.78, 5) is 26.3. The molecule has 1 aromatic heterocycles. The average Bonchev–Trinajstić information content (AvgIpc) is 2.74. The van der Waals surface area contributed by atoms with Crippen LogP contribution in [0.25, 0.3) is 0 Å². The van der Waals surface area contributed by atoms with Crippen LogP contribution in [0, 0.1) is 0 Å². The normalized spacial score (nSPS) is 11.0. The van der Waals surface area contributed by atoms with Gasteiger partial charge in [0.15, 0.2) is 11.4 Å². The monoisotopic (exact) mass is 391 g/mol. The van der Waals surface area contributed by atoms with Gasteiger partial charge in [-0.15, -0.1) is 0 Å². The predicted molar refractivity (Wildman–Crippen MR) is 112 cm³/mol. The minimum absolute atomic E-state index is 0.113. The van der Waals surface area contributed by atoms with E-state index in [-0.39, 0.29) is 17.7 Å². The van der Waals surface area contributed by atoms with Gasteiger partial charge in [0.05, 0.1) is 6.20 Å². The van der Waals surface area contributed by atoms with Crippen LogP contribution < -0.4 is 5.43 Å². The smallest absolute Gasteiger partial charge is 0.276 e. The average molecular weight is 391 g/mol. The predicted octanol–water partition coefficient (Wildman–Crippen LogP) is 3.55. The zero-order chi connectivity index (χ0) is 20.8. The lowest BCUT2D eigenvalue weighted by atomic mass is 9.88. The van der Waals surface area contributed by atoms with Crippen molar-refractivity contribution in [3.63, 3.8) is 0 Å². The summed E-state index contributed by atoms with van der Waals surface area (Å²) < 4.78 is 0. The molecule has 3 aromatic rings. The summed E-state index contributed by atoms with van der Waals surface area (Å²) >= 11 is 0. The van der Waals surface area contributed by atoms with E-state index in [2.05, 4.69) is 34.5 Å². The van der Waals surface area contributed by atoms with Crippen molar-refractivity contribution in [1.29, 1.82) is 0 Å². The van der Waals surface area contributed by atoms with Gasteiger partial charge in [-0.2, -0.15) is 5.10 Å². The molecule has 0 aliphatic carbocycles. The summed E-state index contributed by atoms with van der Waals surface area (Å²) in [6.07, 6.45) is 1.65. The highest BCUT2D eigenvalue weighted by molar-refractivity contribution is 5.94. The number of nitrogens with one attached hydrogen (secondary N) is 1. The van der Waals surface area contributed by atoms with Gasteiger partial charge >= 0.3 is 0 Å². The number of H-pyrrole nitrogens is 1. The molecule has 2 aromatic carbocycles. The maximum atomic E-state index is 13.0. The van der Waals surface area contributed by atoms with Gasteiger partial charge in [-0.25, -0.2) is 0 Å². The van der Waals surface area contributed by atoms with E-state index in [1.807, 2.05) is 50.2 Å². The van der Waals surface area contributed by atoms with Crippen LogP contribution in [0.15, 0.2) is 71.7 Å². The summed E-state index contributed by atoms with van der Waals surface area (Å²) in [7, 11) is 0. The molecule has 3 rings (SSSR count). The molecular formula is C23H25N3O3. The van der Waals surface area contributed by atoms with Crippen molar-refractivity contribution in [1.82, 2.24) is 15.1 Å². The molecule has 0 fully saturated rings. The summed E-state index contributed by atoms with van der Waals surface area (Å²) in [5, 5.41) is 16.1. The zero-order valence-electron chi connectivity index (χ0n) is 16.6. The van der Waals surface area contributed by atoms with Crippen LogP contribution in [0.1, 0.15) is 47.8 Å². The van der Waals surface area contributed by atoms with Crippen LogP contribution in [0.4, 0.5) is 0 Å². The van der Waals surface area contributed by atoms with E-state index in [0.717, 1.165) is 6.20 Å². The number of amides is 1. The minimum atomic E-state index is -0.678. The van der Waals surface area contributed by atoms with Crippen LogP contribution in [0.5, 0.6) is 5.75 Å². The molecule has 0 radical (unpaired) electrons. The van der Waals surface area contributed by atoms with Gasteiger partial charge in [0.25, 0.3) is 5.91 Å². The number of aromatic nitrogens is 2. The van der Waals surface area contributed by atoms with Crippen LogP contribution >= 0.6 is 0 Å². The number of carbonyl (C=O) groups is 1. The molecular weight excluding hydrogens is 366 g/mol. The fourth-order valence-electron chi connectivity index (χ4n) is 3.44. The van der Waals surface area contributed by atoms with Crippen molar-refractivity contribution < 1.29 is 9.90 Å². The van der Waals surface area contributed by atoms with Crippen LogP contribution in [-0.2, 0) is 0 Å². The van der Waals surface area contributed by atoms with Crippen molar-refractivity contribution >= 4 is 5.91 Å². The quantitative estimate of drug-likeness (QED) is 0.645. The Morgan fingerprint density at radius 3 is 2.10 bits per heavy atom. The summed E-state index contributed by atoms with van der Waals surface area (Å²) in [5.41, 5.74) is 1.49. The maximum Gasteiger partial charge on any atom is 0.276 e. The number of aromatic hydroxyl groups is 1. The number of hydrogen-bond acceptors (Lipinski definition) is 4. The summed E-state index contributed by atoms with van der Waals surface area (Å²) in [6, 6.07) is 20.2. The Balaban J connectivity index is 1.87. The molecule has 0 unspecified atom stereocenters. The third-order valence-electron chi connectivity index (χ3n) is 4.99. The molecule has 0 aliphatic heterocycles. The Labute approximate surface area is 169 Å². The van der Waals surface area contributed by atoms with E-state index >= 15 is 0 Å². The molecule has 6 heteroatoms. The zero-order valence-corrected chi connectivity index (χ0v) is 16.6. The Morgan fingerprint density at radius 1 is 1.03 bits per heavy atom. The molecule has 1 amide bonds. The highest BCUT2D eigenvalue weighted by atomic mass is 16.3. The topological polar surface area (TPSA) is 86.3 Å². The van der Waals surface area contributed by atoms with Gasteiger partial charge in [0, 0.05) is 18.5 Å². The third-order valence-corrected chi connectivity index (χ3v) is 4.99. The molecule has 0 saturated carbocycles. The molecule has 0 spiro atoms. The highest BCUT2D eigenvalue weighted by Gasteiger charge is 2.25. The molecule has 29 heavy (non-hydrogen) atoms. The van der Waals surface area contributed by atoms with Crippen molar-refractivity contribution in [2.45, 2.75) is 32.2 Å². The van der Waals surface area contributed by atoms with E-state index in [4.69, 9.17) is 0 Å². The first-order valence-corrected chi connectivity index (χ1v) is 9.66. The largest absolute Gasteiger partial charge is 0.502 e. The lowest BCUT2D eigenvalue weighted by molar-refractivity contribution is 0.0690. The Hall–Kier alpha value is -3.41. The van der Waals surface area contributed by atoms with Crippen LogP contribution in [0.3, 0.4) is 0 Å². The maximum absolute atomic E-state index is 13.0. The first-order valence-electron chi connectivity index (χ1n) is 9.66. The van der Waals surface area contributed by atoms with Gasteiger partial charge in [-0.3, -0.25) is 14.7 Å². The van der Waals surface area contributed by atoms with Gasteiger partial charge in [0.1, 0.15) is 0 Å². The van der Waals surface area contributed by atoms with Crippen LogP contribution in [0.2, 0.25) is 0 Å². The SMILES string of the molecule is CC(C)N(CCC(c1ccccc1)c1ccccc1)C(=O)c1[nH]ncc(=O)c1O. The molecule has 1 heterocycles. The lowest BCUT2D eigenvalue weighted by Gasteiger charge is -2.29. The summed E-state index contributed by atoms with van der Waals surface area (Å²) in [5.74, 6) is -0.922. The van der Waals surface area contributed by atoms with Gasteiger partial charge in [-0.05, 0) is 31.4 Å². The first kappa shape index (κ1) is 20.3. The lowest BCUT2D eigenvalue weighted by Crippen LogP contribution is -2.39. The number of aromatic amines is 1. The standard InChI is InChI=1S/C23H25N3O3/c1-16(2)26(23(29)21-22(28)20(27)15-24-25-21)14-13-19(17-9-5-3-6-10-17)18-11-7-4-8-12-18/h3-12,15-16,19H,13-14H2,1-2H3,(H,24,28)(H,25,27). The van der Waals surface area contributed by atoms with E-state index in [0.29, 0.717) is 13.0 Å². The van der Waals surface area contributed by atoms with Crippen molar-refractivity contribution in [2.24, 2.45) is 0 Å². The molecule has 6 nitrogen and oxygen atoms in total. The van der Waals surface area contributed by atoms with E-state index in [1.165, 1.54) is 11.1 Å². The van der Waals surface area contributed by atoms with Crippen LogP contribution in [-0.4, -0.2) is 38.7 Å². The first-order chi connectivity index (χ1) is 14.0. The molecule has 0 saturated heterocycles. The van der Waals surface area contributed by atoms with E-state index in [9.17, 15) is 14.7 Å².